The van der Waals surface area contributed by atoms with Crippen molar-refractivity contribution in [3.05, 3.63) is 18.3 Å². The van der Waals surface area contributed by atoms with Crippen LogP contribution in [0, 0.1) is 0 Å². The quantitative estimate of drug-likeness (QED) is 0.787. The van der Waals surface area contributed by atoms with Gasteiger partial charge in [-0.1, -0.05) is 0 Å². The third kappa shape index (κ3) is 4.62. The highest BCUT2D eigenvalue weighted by Crippen LogP contribution is 2.22. The van der Waals surface area contributed by atoms with E-state index in [-0.39, 0.29) is 11.9 Å². The van der Waals surface area contributed by atoms with E-state index < -0.39 is 0 Å². The molecule has 3 heterocycles. The van der Waals surface area contributed by atoms with E-state index in [1.807, 2.05) is 12.1 Å². The van der Waals surface area contributed by atoms with Crippen molar-refractivity contribution < 1.29 is 9.53 Å². The van der Waals surface area contributed by atoms with Crippen molar-refractivity contribution in [1.82, 2.24) is 20.8 Å². The number of nitrogens with zero attached hydrogens (tertiary/aromatic N) is 3. The van der Waals surface area contributed by atoms with Gasteiger partial charge in [-0.05, 0) is 37.8 Å². The van der Waals surface area contributed by atoms with Gasteiger partial charge in [0.05, 0.1) is 6.54 Å². The minimum absolute atomic E-state index is 0.0703. The van der Waals surface area contributed by atoms with Crippen molar-refractivity contribution in [3.63, 3.8) is 0 Å². The van der Waals surface area contributed by atoms with Crippen molar-refractivity contribution in [1.29, 1.82) is 0 Å². The Morgan fingerprint density at radius 3 is 3.00 bits per heavy atom. The molecule has 0 spiro atoms. The Morgan fingerprint density at radius 2 is 2.22 bits per heavy atom. The summed E-state index contributed by atoms with van der Waals surface area (Å²) in [4.78, 5) is 14.3. The molecule has 0 aliphatic carbocycles. The van der Waals surface area contributed by atoms with Gasteiger partial charge in [-0.2, -0.15) is 5.10 Å². The minimum atomic E-state index is 0.0703. The Bertz CT molecular complexity index is 493. The number of ether oxygens (including phenoxy) is 1. The molecule has 23 heavy (non-hydrogen) atoms. The van der Waals surface area contributed by atoms with Crippen LogP contribution in [0.1, 0.15) is 25.7 Å². The van der Waals surface area contributed by atoms with E-state index in [2.05, 4.69) is 25.7 Å². The topological polar surface area (TPSA) is 79.4 Å². The second-order valence-corrected chi connectivity index (χ2v) is 6.16. The van der Waals surface area contributed by atoms with Gasteiger partial charge in [0.1, 0.15) is 0 Å². The Labute approximate surface area is 136 Å². The van der Waals surface area contributed by atoms with Crippen LogP contribution < -0.4 is 15.5 Å². The summed E-state index contributed by atoms with van der Waals surface area (Å²) in [6.07, 6.45) is 5.78. The van der Waals surface area contributed by atoms with Crippen LogP contribution in [0.2, 0.25) is 0 Å². The highest BCUT2D eigenvalue weighted by atomic mass is 16.5. The minimum Gasteiger partial charge on any atom is -0.381 e. The maximum atomic E-state index is 12.0. The first kappa shape index (κ1) is 16.1. The Kier molecular flexibility index (Phi) is 5.76. The average Bonchev–Trinajstić information content (AvgIpc) is 3.05. The van der Waals surface area contributed by atoms with E-state index in [4.69, 9.17) is 4.74 Å². The molecule has 7 nitrogen and oxygen atoms in total. The predicted octanol–water partition coefficient (Wildman–Crippen LogP) is 0.330. The monoisotopic (exact) mass is 319 g/mol. The number of aromatic nitrogens is 2. The standard InChI is InChI=1S/C16H25N5O2/c22-16(19-13-5-9-23-10-6-13)12-17-11-14-3-2-8-21(14)15-4-1-7-18-20-15/h1,4,7,13-14,17H,2-3,5-6,8-12H2,(H,19,22)/t14-/m1/s1. The third-order valence-corrected chi connectivity index (χ3v) is 4.48. The first-order valence-electron chi connectivity index (χ1n) is 8.45. The third-order valence-electron chi connectivity index (χ3n) is 4.48. The van der Waals surface area contributed by atoms with E-state index in [1.165, 1.54) is 0 Å². The van der Waals surface area contributed by atoms with E-state index in [9.17, 15) is 4.79 Å². The molecule has 0 aromatic carbocycles. The van der Waals surface area contributed by atoms with E-state index in [0.717, 1.165) is 57.8 Å². The largest absolute Gasteiger partial charge is 0.381 e. The zero-order valence-electron chi connectivity index (χ0n) is 13.4. The Hall–Kier alpha value is -1.73. The van der Waals surface area contributed by atoms with Gasteiger partial charge in [0.2, 0.25) is 5.91 Å². The summed E-state index contributed by atoms with van der Waals surface area (Å²) in [5.74, 6) is 0.990. The lowest BCUT2D eigenvalue weighted by atomic mass is 10.1. The van der Waals surface area contributed by atoms with E-state index >= 15 is 0 Å². The predicted molar refractivity (Wildman–Crippen MR) is 87.3 cm³/mol. The highest BCUT2D eigenvalue weighted by Gasteiger charge is 2.25. The summed E-state index contributed by atoms with van der Waals surface area (Å²) in [6.45, 7) is 3.64. The SMILES string of the molecule is O=C(CNC[C@H]1CCCN1c1cccnn1)NC1CCOCC1. The fourth-order valence-corrected chi connectivity index (χ4v) is 3.27. The molecule has 2 aliphatic heterocycles. The van der Waals surface area contributed by atoms with Crippen LogP contribution in [0.15, 0.2) is 18.3 Å². The summed E-state index contributed by atoms with van der Waals surface area (Å²) in [5.41, 5.74) is 0. The van der Waals surface area contributed by atoms with Crippen molar-refractivity contribution in [2.75, 3.05) is 37.7 Å². The van der Waals surface area contributed by atoms with Gasteiger partial charge in [-0.25, -0.2) is 0 Å². The number of hydrogen-bond acceptors (Lipinski definition) is 6. The Balaban J connectivity index is 1.40. The number of rotatable bonds is 6. The number of nitrogens with one attached hydrogen (secondary N) is 2. The summed E-state index contributed by atoms with van der Waals surface area (Å²) in [7, 11) is 0. The highest BCUT2D eigenvalue weighted by molar-refractivity contribution is 5.78. The smallest absolute Gasteiger partial charge is 0.234 e. The fourth-order valence-electron chi connectivity index (χ4n) is 3.27. The van der Waals surface area contributed by atoms with Gasteiger partial charge in [-0.15, -0.1) is 5.10 Å². The Morgan fingerprint density at radius 1 is 1.35 bits per heavy atom. The number of amides is 1. The molecule has 2 fully saturated rings. The molecule has 0 bridgehead atoms. The normalized spacial score (nSPS) is 22.3. The van der Waals surface area contributed by atoms with Crippen LogP contribution in [-0.2, 0) is 9.53 Å². The molecule has 0 radical (unpaired) electrons. The van der Waals surface area contributed by atoms with Crippen LogP contribution in [0.3, 0.4) is 0 Å². The summed E-state index contributed by atoms with van der Waals surface area (Å²) < 4.78 is 5.30. The summed E-state index contributed by atoms with van der Waals surface area (Å²) >= 11 is 0. The molecule has 0 saturated carbocycles. The van der Waals surface area contributed by atoms with Crippen LogP contribution in [-0.4, -0.2) is 61.0 Å². The van der Waals surface area contributed by atoms with Crippen LogP contribution >= 0.6 is 0 Å². The second-order valence-electron chi connectivity index (χ2n) is 6.16. The fraction of sp³-hybridized carbons (Fsp3) is 0.688. The molecule has 0 unspecified atom stereocenters. The van der Waals surface area contributed by atoms with Gasteiger partial charge in [0, 0.05) is 44.6 Å². The van der Waals surface area contributed by atoms with E-state index in [0.29, 0.717) is 12.6 Å². The van der Waals surface area contributed by atoms with Gasteiger partial charge in [0.25, 0.3) is 0 Å². The van der Waals surface area contributed by atoms with Crippen molar-refractivity contribution in [2.45, 2.75) is 37.8 Å². The lowest BCUT2D eigenvalue weighted by Crippen LogP contribution is -2.45. The maximum absolute atomic E-state index is 12.0. The maximum Gasteiger partial charge on any atom is 0.234 e. The number of hydrogen-bond donors (Lipinski definition) is 2. The van der Waals surface area contributed by atoms with Crippen molar-refractivity contribution in [2.24, 2.45) is 0 Å². The van der Waals surface area contributed by atoms with Gasteiger partial charge in [0.15, 0.2) is 5.82 Å². The van der Waals surface area contributed by atoms with Gasteiger partial charge < -0.3 is 20.3 Å². The van der Waals surface area contributed by atoms with Crippen molar-refractivity contribution in [3.8, 4) is 0 Å². The second kappa shape index (κ2) is 8.21. The number of carbonyl (C=O) groups excluding carboxylic acids is 1. The van der Waals surface area contributed by atoms with E-state index in [1.54, 1.807) is 6.20 Å². The molecular formula is C16H25N5O2. The van der Waals surface area contributed by atoms with Crippen LogP contribution in [0.25, 0.3) is 0 Å². The molecule has 1 aromatic rings. The van der Waals surface area contributed by atoms with Crippen LogP contribution in [0.5, 0.6) is 0 Å². The molecule has 3 rings (SSSR count). The van der Waals surface area contributed by atoms with Gasteiger partial charge in [-0.3, -0.25) is 4.79 Å². The number of anilines is 1. The first-order valence-corrected chi connectivity index (χ1v) is 8.45. The summed E-state index contributed by atoms with van der Waals surface area (Å²) in [5, 5.41) is 14.5. The molecule has 126 valence electrons. The molecule has 2 aliphatic rings. The van der Waals surface area contributed by atoms with Crippen LogP contribution in [0.4, 0.5) is 5.82 Å². The lowest BCUT2D eigenvalue weighted by molar-refractivity contribution is -0.121. The zero-order valence-corrected chi connectivity index (χ0v) is 13.4. The van der Waals surface area contributed by atoms with Crippen molar-refractivity contribution >= 4 is 11.7 Å². The molecule has 7 heteroatoms. The molecule has 1 amide bonds. The first-order chi connectivity index (χ1) is 11.3. The molecule has 1 atom stereocenters. The molecular weight excluding hydrogens is 294 g/mol. The average molecular weight is 319 g/mol. The van der Waals surface area contributed by atoms with Gasteiger partial charge >= 0.3 is 0 Å². The molecule has 2 saturated heterocycles. The lowest BCUT2D eigenvalue weighted by Gasteiger charge is -2.26. The molecule has 1 aromatic heterocycles. The zero-order chi connectivity index (χ0) is 15.9. The summed E-state index contributed by atoms with van der Waals surface area (Å²) in [6, 6.07) is 4.54. The number of carbonyl (C=O) groups is 1. The molecule has 2 N–H and O–H groups in total.